The highest BCUT2D eigenvalue weighted by Gasteiger charge is 2.11. The van der Waals surface area contributed by atoms with Gasteiger partial charge in [-0.2, -0.15) is 0 Å². The molecular weight excluding hydrogens is 213 g/mol. The molecule has 1 radical (unpaired) electrons. The molecule has 1 aromatic carbocycles. The van der Waals surface area contributed by atoms with Gasteiger partial charge in [-0.25, -0.2) is 0 Å². The van der Waals surface area contributed by atoms with Crippen molar-refractivity contribution in [3.8, 4) is 0 Å². The highest BCUT2D eigenvalue weighted by molar-refractivity contribution is 6.51. The molecule has 1 atom stereocenters. The molecule has 1 rings (SSSR count). The quantitative estimate of drug-likeness (QED) is 0.599. The monoisotopic (exact) mass is 234 g/mol. The van der Waals surface area contributed by atoms with Crippen LogP contribution >= 0.6 is 0 Å². The first kappa shape index (κ1) is 14.2. The second kappa shape index (κ2) is 7.48. The molecule has 1 unspecified atom stereocenters. The highest BCUT2D eigenvalue weighted by Crippen LogP contribution is 2.03. The summed E-state index contributed by atoms with van der Waals surface area (Å²) in [6.07, 6.45) is 0.925. The molecule has 0 bridgehead atoms. The van der Waals surface area contributed by atoms with Crippen molar-refractivity contribution in [3.05, 3.63) is 29.8 Å². The van der Waals surface area contributed by atoms with E-state index in [1.54, 1.807) is 0 Å². The molecule has 0 saturated carbocycles. The maximum Gasteiger partial charge on any atom is 0.245 e. The number of aliphatic hydroxyl groups excluding tert-OH is 2. The number of rotatable bonds is 7. The molecule has 0 aromatic heterocycles. The smallest absolute Gasteiger partial charge is 0.245 e. The Bertz CT molecular complexity index is 331. The van der Waals surface area contributed by atoms with Gasteiger partial charge in [-0.15, -0.1) is 0 Å². The first-order valence-corrected chi connectivity index (χ1v) is 6.06. The van der Waals surface area contributed by atoms with Gasteiger partial charge >= 0.3 is 0 Å². The number of nitrogens with one attached hydrogen (secondary N) is 1. The lowest BCUT2D eigenvalue weighted by atomic mass is 9.78. The predicted molar refractivity (Wildman–Crippen MR) is 71.2 cm³/mol. The summed E-state index contributed by atoms with van der Waals surface area (Å²) in [7, 11) is 1.87. The van der Waals surface area contributed by atoms with Crippen molar-refractivity contribution in [1.29, 1.82) is 0 Å². The van der Waals surface area contributed by atoms with Crippen LogP contribution in [-0.2, 0) is 6.61 Å². The van der Waals surface area contributed by atoms with Crippen molar-refractivity contribution in [2.24, 2.45) is 5.92 Å². The molecule has 0 amide bonds. The second-order valence-electron chi connectivity index (χ2n) is 4.68. The Balaban J connectivity index is 2.53. The zero-order chi connectivity index (χ0) is 12.7. The largest absolute Gasteiger partial charge is 0.395 e. The first-order chi connectivity index (χ1) is 8.17. The average Bonchev–Trinajstić information content (AvgIpc) is 2.34. The Hall–Kier alpha value is -0.835. The Kier molecular flexibility index (Phi) is 6.26. The van der Waals surface area contributed by atoms with E-state index in [-0.39, 0.29) is 19.3 Å². The highest BCUT2D eigenvalue weighted by atomic mass is 16.3. The number of hydrogen-bond acceptors (Lipinski definition) is 3. The van der Waals surface area contributed by atoms with Gasteiger partial charge in [0.1, 0.15) is 0 Å². The van der Waals surface area contributed by atoms with Crippen molar-refractivity contribution in [1.82, 2.24) is 5.23 Å². The summed E-state index contributed by atoms with van der Waals surface area (Å²) in [5.74, 6) is 0.543. The van der Waals surface area contributed by atoms with Crippen LogP contribution in [-0.4, -0.2) is 30.3 Å². The van der Waals surface area contributed by atoms with Crippen LogP contribution in [0.2, 0.25) is 0 Å². The van der Waals surface area contributed by atoms with Gasteiger partial charge in [0.15, 0.2) is 0 Å². The zero-order valence-electron chi connectivity index (χ0n) is 10.6. The Morgan fingerprint density at radius 1 is 1.24 bits per heavy atom. The molecule has 93 valence electrons. The Morgan fingerprint density at radius 3 is 2.53 bits per heavy atom. The average molecular weight is 234 g/mol. The van der Waals surface area contributed by atoms with Crippen LogP contribution in [0, 0.1) is 5.92 Å². The summed E-state index contributed by atoms with van der Waals surface area (Å²) in [6.45, 7) is 4.41. The number of aliphatic hydroxyl groups is 2. The minimum Gasteiger partial charge on any atom is -0.395 e. The van der Waals surface area contributed by atoms with Gasteiger partial charge in [0.2, 0.25) is 7.41 Å². The van der Waals surface area contributed by atoms with Crippen LogP contribution < -0.4 is 10.7 Å². The zero-order valence-corrected chi connectivity index (χ0v) is 10.6. The summed E-state index contributed by atoms with van der Waals surface area (Å²) < 4.78 is 0. The second-order valence-corrected chi connectivity index (χ2v) is 4.68. The third-order valence-electron chi connectivity index (χ3n) is 2.68. The van der Waals surface area contributed by atoms with Gasteiger partial charge in [-0.1, -0.05) is 43.6 Å². The van der Waals surface area contributed by atoms with Crippen LogP contribution in [0.15, 0.2) is 24.3 Å². The minimum absolute atomic E-state index is 0.0301. The summed E-state index contributed by atoms with van der Waals surface area (Å²) in [6, 6.07) is 7.75. The molecule has 0 aliphatic carbocycles. The van der Waals surface area contributed by atoms with E-state index in [4.69, 9.17) is 0 Å². The third-order valence-corrected chi connectivity index (χ3v) is 2.68. The molecule has 0 saturated heterocycles. The molecular formula is C13H21BNO2. The maximum atomic E-state index is 9.25. The molecule has 3 N–H and O–H groups in total. The van der Waals surface area contributed by atoms with Crippen LogP contribution in [0.1, 0.15) is 25.8 Å². The van der Waals surface area contributed by atoms with Crippen LogP contribution in [0.25, 0.3) is 0 Å². The number of benzene rings is 1. The van der Waals surface area contributed by atoms with E-state index in [2.05, 4.69) is 19.1 Å². The molecule has 4 heteroatoms. The SMILES string of the molecule is CC(C)CC(CO)N[B]c1ccccc1CO. The summed E-state index contributed by atoms with van der Waals surface area (Å²) in [4.78, 5) is 0. The lowest BCUT2D eigenvalue weighted by molar-refractivity contribution is 0.240. The van der Waals surface area contributed by atoms with E-state index in [0.717, 1.165) is 17.4 Å². The molecule has 0 aliphatic heterocycles. The van der Waals surface area contributed by atoms with Gasteiger partial charge in [-0.05, 0) is 17.9 Å². The van der Waals surface area contributed by atoms with Gasteiger partial charge < -0.3 is 15.4 Å². The third kappa shape index (κ3) is 4.90. The van der Waals surface area contributed by atoms with Gasteiger partial charge in [0.25, 0.3) is 0 Å². The molecule has 0 heterocycles. The van der Waals surface area contributed by atoms with E-state index in [9.17, 15) is 10.2 Å². The van der Waals surface area contributed by atoms with Crippen molar-refractivity contribution in [2.45, 2.75) is 32.9 Å². The lowest BCUT2D eigenvalue weighted by Gasteiger charge is -2.18. The standard InChI is InChI=1S/C13H21BNO2/c1-10(2)7-12(9-17)15-14-13-6-4-3-5-11(13)8-16/h3-6,10,12,15-17H,7-9H2,1-2H3. The predicted octanol–water partition coefficient (Wildman–Crippen LogP) is 0.420. The Morgan fingerprint density at radius 2 is 1.94 bits per heavy atom. The first-order valence-electron chi connectivity index (χ1n) is 6.06. The van der Waals surface area contributed by atoms with Crippen molar-refractivity contribution in [3.63, 3.8) is 0 Å². The van der Waals surface area contributed by atoms with E-state index >= 15 is 0 Å². The summed E-state index contributed by atoms with van der Waals surface area (Å²) in [5.41, 5.74) is 1.86. The molecule has 0 aliphatic rings. The normalized spacial score (nSPS) is 12.8. The van der Waals surface area contributed by atoms with Gasteiger partial charge in [0, 0.05) is 6.04 Å². The fourth-order valence-electron chi connectivity index (χ4n) is 1.79. The van der Waals surface area contributed by atoms with Crippen LogP contribution in [0.4, 0.5) is 0 Å². The van der Waals surface area contributed by atoms with E-state index in [1.165, 1.54) is 0 Å². The summed E-state index contributed by atoms with van der Waals surface area (Å²) >= 11 is 0. The van der Waals surface area contributed by atoms with Crippen LogP contribution in [0.5, 0.6) is 0 Å². The molecule has 1 aromatic rings. The van der Waals surface area contributed by atoms with Gasteiger partial charge in [0.05, 0.1) is 13.2 Å². The molecule has 0 spiro atoms. The van der Waals surface area contributed by atoms with Crippen molar-refractivity contribution < 1.29 is 10.2 Å². The van der Waals surface area contributed by atoms with E-state index < -0.39 is 0 Å². The molecule has 3 nitrogen and oxygen atoms in total. The maximum absolute atomic E-state index is 9.25. The fraction of sp³-hybridized carbons (Fsp3) is 0.538. The van der Waals surface area contributed by atoms with Crippen LogP contribution in [0.3, 0.4) is 0 Å². The molecule has 0 fully saturated rings. The minimum atomic E-state index is 0.0301. The van der Waals surface area contributed by atoms with E-state index in [0.29, 0.717) is 5.92 Å². The number of hydrogen-bond donors (Lipinski definition) is 3. The van der Waals surface area contributed by atoms with E-state index in [1.807, 2.05) is 31.7 Å². The lowest BCUT2D eigenvalue weighted by Crippen LogP contribution is -2.42. The topological polar surface area (TPSA) is 52.5 Å². The van der Waals surface area contributed by atoms with Gasteiger partial charge in [-0.3, -0.25) is 0 Å². The fourth-order valence-corrected chi connectivity index (χ4v) is 1.79. The molecule has 17 heavy (non-hydrogen) atoms. The van der Waals surface area contributed by atoms with Crippen molar-refractivity contribution in [2.75, 3.05) is 6.61 Å². The van der Waals surface area contributed by atoms with Crippen molar-refractivity contribution >= 4 is 12.9 Å². The Labute approximate surface area is 104 Å². The summed E-state index contributed by atoms with van der Waals surface area (Å²) in [5, 5.41) is 21.6.